The highest BCUT2D eigenvalue weighted by Crippen LogP contribution is 2.23. The minimum atomic E-state index is -0.458. The van der Waals surface area contributed by atoms with E-state index < -0.39 is 5.69 Å². The zero-order valence-electron chi connectivity index (χ0n) is 14.8. The molecule has 0 aliphatic carbocycles. The Hall–Kier alpha value is -3.43. The molecule has 0 amide bonds. The summed E-state index contributed by atoms with van der Waals surface area (Å²) in [4.78, 5) is 44.8. The van der Waals surface area contributed by atoms with Crippen molar-refractivity contribution in [1.29, 1.82) is 0 Å². The summed E-state index contributed by atoms with van der Waals surface area (Å²) in [5.41, 5.74) is -1.03. The lowest BCUT2D eigenvalue weighted by molar-refractivity contribution is 0.483. The summed E-state index contributed by atoms with van der Waals surface area (Å²) in [6.45, 7) is 1.06. The van der Waals surface area contributed by atoms with Crippen molar-refractivity contribution in [3.05, 3.63) is 68.1 Å². The Labute approximate surface area is 153 Å². The fraction of sp³-hybridized carbons (Fsp3) is 0.353. The minimum absolute atomic E-state index is 0.0454. The van der Waals surface area contributed by atoms with Crippen LogP contribution in [0.1, 0.15) is 12.8 Å². The van der Waals surface area contributed by atoms with Gasteiger partial charge in [-0.25, -0.2) is 14.5 Å². The molecule has 1 fully saturated rings. The highest BCUT2D eigenvalue weighted by atomic mass is 16.2. The number of nitrogens with zero attached hydrogens (tertiary/aromatic N) is 6. The van der Waals surface area contributed by atoms with Gasteiger partial charge in [-0.2, -0.15) is 5.10 Å². The van der Waals surface area contributed by atoms with Crippen molar-refractivity contribution in [3.8, 4) is 5.82 Å². The number of aromatic amines is 1. The van der Waals surface area contributed by atoms with Crippen LogP contribution in [0.4, 0.5) is 5.82 Å². The molecule has 10 heteroatoms. The van der Waals surface area contributed by atoms with Crippen LogP contribution in [-0.4, -0.2) is 41.5 Å². The lowest BCUT2D eigenvalue weighted by Gasteiger charge is -2.26. The molecule has 0 bridgehead atoms. The van der Waals surface area contributed by atoms with Gasteiger partial charge in [-0.3, -0.25) is 23.7 Å². The fourth-order valence-corrected chi connectivity index (χ4v) is 3.34. The van der Waals surface area contributed by atoms with Crippen molar-refractivity contribution in [2.75, 3.05) is 11.4 Å². The molecule has 1 aliphatic heterocycles. The van der Waals surface area contributed by atoms with Gasteiger partial charge in [-0.05, 0) is 18.9 Å². The van der Waals surface area contributed by atoms with Crippen molar-refractivity contribution in [2.45, 2.75) is 25.4 Å². The van der Waals surface area contributed by atoms with Crippen LogP contribution in [0, 0.1) is 0 Å². The summed E-state index contributed by atoms with van der Waals surface area (Å²) in [6.07, 6.45) is 6.74. The molecule has 1 unspecified atom stereocenters. The van der Waals surface area contributed by atoms with Crippen LogP contribution in [0.5, 0.6) is 0 Å². The van der Waals surface area contributed by atoms with Crippen molar-refractivity contribution < 1.29 is 0 Å². The Kier molecular flexibility index (Phi) is 4.22. The van der Waals surface area contributed by atoms with E-state index in [1.165, 1.54) is 23.9 Å². The highest BCUT2D eigenvalue weighted by Gasteiger charge is 2.27. The van der Waals surface area contributed by atoms with Crippen LogP contribution in [0.3, 0.4) is 0 Å². The first-order chi connectivity index (χ1) is 13.0. The van der Waals surface area contributed by atoms with Crippen LogP contribution in [-0.2, 0) is 13.6 Å². The summed E-state index contributed by atoms with van der Waals surface area (Å²) in [6, 6.07) is 4.49. The van der Waals surface area contributed by atoms with Gasteiger partial charge in [-0.15, -0.1) is 0 Å². The van der Waals surface area contributed by atoms with E-state index in [0.29, 0.717) is 24.7 Å². The standard InChI is InChI=1S/C17H19N7O3/c1-21-16(26)9-14(19-17(21)27)23-7-2-3-12(23)10-24-15(25)5-4-13(20-24)22-8-6-18-11-22/h4-6,8-9,11-12H,2-3,7,10H2,1H3,(H,19,27). The van der Waals surface area contributed by atoms with Crippen LogP contribution >= 0.6 is 0 Å². The maximum atomic E-state index is 12.3. The summed E-state index contributed by atoms with van der Waals surface area (Å²) >= 11 is 0. The number of rotatable bonds is 4. The van der Waals surface area contributed by atoms with E-state index in [9.17, 15) is 14.4 Å². The Morgan fingerprint density at radius 2 is 2.07 bits per heavy atom. The van der Waals surface area contributed by atoms with Crippen LogP contribution in [0.2, 0.25) is 0 Å². The number of nitrogens with one attached hydrogen (secondary N) is 1. The lowest BCUT2D eigenvalue weighted by Crippen LogP contribution is -2.40. The fourth-order valence-electron chi connectivity index (χ4n) is 3.34. The number of aromatic nitrogens is 6. The maximum absolute atomic E-state index is 12.3. The molecule has 3 aromatic rings. The monoisotopic (exact) mass is 369 g/mol. The number of H-pyrrole nitrogens is 1. The topological polar surface area (TPSA) is 111 Å². The zero-order valence-corrected chi connectivity index (χ0v) is 14.8. The minimum Gasteiger partial charge on any atom is -0.353 e. The van der Waals surface area contributed by atoms with E-state index in [2.05, 4.69) is 15.1 Å². The van der Waals surface area contributed by atoms with E-state index in [4.69, 9.17) is 0 Å². The van der Waals surface area contributed by atoms with Gasteiger partial charge in [0.05, 0.1) is 12.6 Å². The third-order valence-electron chi connectivity index (χ3n) is 4.82. The average Bonchev–Trinajstić information content (AvgIpc) is 3.33. The molecule has 4 rings (SSSR count). The summed E-state index contributed by atoms with van der Waals surface area (Å²) in [5, 5.41) is 4.42. The second-order valence-corrected chi connectivity index (χ2v) is 6.53. The molecular weight excluding hydrogens is 350 g/mol. The molecule has 3 aromatic heterocycles. The van der Waals surface area contributed by atoms with Gasteiger partial charge in [0.15, 0.2) is 5.82 Å². The summed E-state index contributed by atoms with van der Waals surface area (Å²) in [5.74, 6) is 1.07. The first-order valence-corrected chi connectivity index (χ1v) is 8.66. The predicted molar refractivity (Wildman–Crippen MR) is 98.3 cm³/mol. The molecule has 0 spiro atoms. The predicted octanol–water partition coefficient (Wildman–Crippen LogP) is -0.515. The Morgan fingerprint density at radius 3 is 2.81 bits per heavy atom. The molecule has 0 aromatic carbocycles. The van der Waals surface area contributed by atoms with Gasteiger partial charge >= 0.3 is 5.69 Å². The SMILES string of the molecule is Cn1c(=O)cc(N2CCCC2Cn2nc(-n3ccnc3)ccc2=O)[nH]c1=O. The number of imidazole rings is 1. The van der Waals surface area contributed by atoms with Crippen LogP contribution in [0.15, 0.2) is 51.3 Å². The molecular formula is C17H19N7O3. The molecule has 27 heavy (non-hydrogen) atoms. The van der Waals surface area contributed by atoms with Gasteiger partial charge in [0, 0.05) is 38.1 Å². The summed E-state index contributed by atoms with van der Waals surface area (Å²) in [7, 11) is 1.43. The van der Waals surface area contributed by atoms with E-state index in [1.807, 2.05) is 4.90 Å². The molecule has 10 nitrogen and oxygen atoms in total. The van der Waals surface area contributed by atoms with E-state index in [0.717, 1.165) is 17.4 Å². The quantitative estimate of drug-likeness (QED) is 0.663. The Morgan fingerprint density at radius 1 is 1.22 bits per heavy atom. The van der Waals surface area contributed by atoms with E-state index >= 15 is 0 Å². The van der Waals surface area contributed by atoms with E-state index in [-0.39, 0.29) is 17.2 Å². The molecule has 1 atom stereocenters. The molecule has 0 radical (unpaired) electrons. The second-order valence-electron chi connectivity index (χ2n) is 6.53. The Balaban J connectivity index is 1.64. The van der Waals surface area contributed by atoms with E-state index in [1.54, 1.807) is 29.4 Å². The third-order valence-corrected chi connectivity index (χ3v) is 4.82. The molecule has 1 aliphatic rings. The van der Waals surface area contributed by atoms with Gasteiger partial charge in [0.1, 0.15) is 12.1 Å². The number of hydrogen-bond donors (Lipinski definition) is 1. The zero-order chi connectivity index (χ0) is 19.0. The molecule has 4 heterocycles. The molecule has 1 saturated heterocycles. The Bertz CT molecular complexity index is 1100. The van der Waals surface area contributed by atoms with Crippen molar-refractivity contribution >= 4 is 5.82 Å². The first kappa shape index (κ1) is 17.0. The lowest BCUT2D eigenvalue weighted by atomic mass is 10.2. The van der Waals surface area contributed by atoms with Crippen molar-refractivity contribution in [1.82, 2.24) is 28.9 Å². The van der Waals surface area contributed by atoms with Crippen LogP contribution in [0.25, 0.3) is 5.82 Å². The highest BCUT2D eigenvalue weighted by molar-refractivity contribution is 5.39. The van der Waals surface area contributed by atoms with Crippen molar-refractivity contribution in [3.63, 3.8) is 0 Å². The van der Waals surface area contributed by atoms with Gasteiger partial charge in [0.25, 0.3) is 11.1 Å². The largest absolute Gasteiger partial charge is 0.353 e. The average molecular weight is 369 g/mol. The smallest absolute Gasteiger partial charge is 0.329 e. The maximum Gasteiger partial charge on any atom is 0.329 e. The summed E-state index contributed by atoms with van der Waals surface area (Å²) < 4.78 is 4.16. The first-order valence-electron chi connectivity index (χ1n) is 8.66. The normalized spacial score (nSPS) is 16.8. The molecule has 0 saturated carbocycles. The molecule has 1 N–H and O–H groups in total. The molecule has 140 valence electrons. The third kappa shape index (κ3) is 3.21. The number of hydrogen-bond acceptors (Lipinski definition) is 6. The van der Waals surface area contributed by atoms with Gasteiger partial charge < -0.3 is 4.90 Å². The number of anilines is 1. The van der Waals surface area contributed by atoms with Gasteiger partial charge in [-0.1, -0.05) is 0 Å². The second kappa shape index (κ2) is 6.71. The van der Waals surface area contributed by atoms with Crippen molar-refractivity contribution in [2.24, 2.45) is 7.05 Å². The van der Waals surface area contributed by atoms with Gasteiger partial charge in [0.2, 0.25) is 0 Å². The van der Waals surface area contributed by atoms with Crippen LogP contribution < -0.4 is 21.7 Å².